The van der Waals surface area contributed by atoms with Gasteiger partial charge in [0.2, 0.25) is 11.9 Å². The van der Waals surface area contributed by atoms with Crippen molar-refractivity contribution in [1.82, 2.24) is 9.78 Å². The molecule has 22 heavy (non-hydrogen) atoms. The molecule has 1 heterocycles. The molecule has 0 saturated heterocycles. The van der Waals surface area contributed by atoms with Crippen LogP contribution < -0.4 is 11.1 Å². The SMILES string of the molecule is CC(=O)Nc1ccc(N=Nc2c(C)nn(C(=N)N)c2C)cc1. The fourth-order valence-electron chi connectivity index (χ4n) is 1.94. The van der Waals surface area contributed by atoms with Gasteiger partial charge < -0.3 is 11.1 Å². The van der Waals surface area contributed by atoms with Crippen LogP contribution in [0.3, 0.4) is 0 Å². The van der Waals surface area contributed by atoms with Gasteiger partial charge in [0.25, 0.3) is 0 Å². The average molecular weight is 299 g/mol. The van der Waals surface area contributed by atoms with Gasteiger partial charge in [-0.2, -0.15) is 10.2 Å². The number of aryl methyl sites for hydroxylation is 1. The highest BCUT2D eigenvalue weighted by Crippen LogP contribution is 2.25. The maximum atomic E-state index is 11.0. The number of nitrogens with two attached hydrogens (primary N) is 1. The molecule has 2 aromatic rings. The van der Waals surface area contributed by atoms with Gasteiger partial charge in [0.05, 0.1) is 17.1 Å². The van der Waals surface area contributed by atoms with Gasteiger partial charge in [-0.05, 0) is 38.1 Å². The van der Waals surface area contributed by atoms with Crippen LogP contribution >= 0.6 is 0 Å². The molecule has 0 spiro atoms. The van der Waals surface area contributed by atoms with E-state index in [4.69, 9.17) is 11.1 Å². The Hall–Kier alpha value is -3.03. The lowest BCUT2D eigenvalue weighted by molar-refractivity contribution is -0.114. The topological polar surface area (TPSA) is 122 Å². The minimum absolute atomic E-state index is 0.128. The molecule has 8 nitrogen and oxygen atoms in total. The zero-order valence-electron chi connectivity index (χ0n) is 12.6. The lowest BCUT2D eigenvalue weighted by Crippen LogP contribution is -2.22. The van der Waals surface area contributed by atoms with Crippen molar-refractivity contribution in [2.24, 2.45) is 16.0 Å². The number of aromatic nitrogens is 2. The Morgan fingerprint density at radius 3 is 2.41 bits per heavy atom. The first kappa shape index (κ1) is 15.4. The van der Waals surface area contributed by atoms with E-state index in [1.807, 2.05) is 0 Å². The lowest BCUT2D eigenvalue weighted by atomic mass is 10.3. The molecule has 0 bridgehead atoms. The molecule has 0 aliphatic heterocycles. The molecule has 2 rings (SSSR count). The summed E-state index contributed by atoms with van der Waals surface area (Å²) in [5.74, 6) is -0.293. The number of rotatable bonds is 3. The van der Waals surface area contributed by atoms with Crippen LogP contribution in [-0.2, 0) is 4.79 Å². The predicted octanol–water partition coefficient (Wildman–Crippen LogP) is 2.62. The molecule has 1 amide bonds. The van der Waals surface area contributed by atoms with Gasteiger partial charge in [0.15, 0.2) is 0 Å². The first-order chi connectivity index (χ1) is 10.4. The van der Waals surface area contributed by atoms with Crippen molar-refractivity contribution in [2.45, 2.75) is 20.8 Å². The summed E-state index contributed by atoms with van der Waals surface area (Å²) in [5.41, 5.74) is 8.66. The zero-order valence-corrected chi connectivity index (χ0v) is 12.6. The highest BCUT2D eigenvalue weighted by Gasteiger charge is 2.12. The molecular weight excluding hydrogens is 282 g/mol. The summed E-state index contributed by atoms with van der Waals surface area (Å²) in [4.78, 5) is 11.0. The normalized spacial score (nSPS) is 10.9. The van der Waals surface area contributed by atoms with Crippen molar-refractivity contribution in [3.63, 3.8) is 0 Å². The molecule has 0 unspecified atom stereocenters. The van der Waals surface area contributed by atoms with E-state index in [1.165, 1.54) is 11.6 Å². The van der Waals surface area contributed by atoms with E-state index in [9.17, 15) is 4.79 Å². The van der Waals surface area contributed by atoms with Crippen molar-refractivity contribution >= 4 is 28.9 Å². The van der Waals surface area contributed by atoms with Gasteiger partial charge >= 0.3 is 0 Å². The van der Waals surface area contributed by atoms with E-state index in [2.05, 4.69) is 20.6 Å². The molecule has 0 aliphatic rings. The molecule has 0 saturated carbocycles. The van der Waals surface area contributed by atoms with Crippen LogP contribution in [0, 0.1) is 19.3 Å². The summed E-state index contributed by atoms with van der Waals surface area (Å²) < 4.78 is 1.31. The largest absolute Gasteiger partial charge is 0.368 e. The number of anilines is 1. The fraction of sp³-hybridized carbons (Fsp3) is 0.214. The molecule has 1 aromatic carbocycles. The summed E-state index contributed by atoms with van der Waals surface area (Å²) in [6.45, 7) is 5.00. The summed E-state index contributed by atoms with van der Waals surface area (Å²) >= 11 is 0. The third-order valence-corrected chi connectivity index (χ3v) is 2.93. The molecule has 4 N–H and O–H groups in total. The first-order valence-corrected chi connectivity index (χ1v) is 6.58. The molecule has 114 valence electrons. The second-order valence-electron chi connectivity index (χ2n) is 4.74. The number of amides is 1. The van der Waals surface area contributed by atoms with Crippen molar-refractivity contribution < 1.29 is 4.79 Å². The molecule has 0 atom stereocenters. The lowest BCUT2D eigenvalue weighted by Gasteiger charge is -2.01. The molecule has 8 heteroatoms. The highest BCUT2D eigenvalue weighted by molar-refractivity contribution is 5.88. The van der Waals surface area contributed by atoms with E-state index < -0.39 is 0 Å². The number of carbonyl (C=O) groups is 1. The van der Waals surface area contributed by atoms with Crippen LogP contribution in [0.2, 0.25) is 0 Å². The third-order valence-electron chi connectivity index (χ3n) is 2.93. The Morgan fingerprint density at radius 2 is 1.91 bits per heavy atom. The number of nitrogens with one attached hydrogen (secondary N) is 2. The van der Waals surface area contributed by atoms with Crippen molar-refractivity contribution in [1.29, 1.82) is 5.41 Å². The smallest absolute Gasteiger partial charge is 0.221 e. The van der Waals surface area contributed by atoms with Crippen molar-refractivity contribution in [3.8, 4) is 0 Å². The van der Waals surface area contributed by atoms with Crippen LogP contribution in [-0.4, -0.2) is 21.6 Å². The van der Waals surface area contributed by atoms with E-state index in [0.717, 1.165) is 0 Å². The Morgan fingerprint density at radius 1 is 1.27 bits per heavy atom. The van der Waals surface area contributed by atoms with Gasteiger partial charge in [0, 0.05) is 12.6 Å². The van der Waals surface area contributed by atoms with Crippen molar-refractivity contribution in [2.75, 3.05) is 5.32 Å². The Bertz CT molecular complexity index is 743. The fourth-order valence-corrected chi connectivity index (χ4v) is 1.94. The van der Waals surface area contributed by atoms with E-state index in [-0.39, 0.29) is 11.9 Å². The first-order valence-electron chi connectivity index (χ1n) is 6.58. The third kappa shape index (κ3) is 3.35. The second kappa shape index (κ2) is 6.17. The molecular formula is C14H17N7O. The minimum atomic E-state index is -0.165. The van der Waals surface area contributed by atoms with Crippen LogP contribution in [0.5, 0.6) is 0 Å². The standard InChI is InChI=1S/C14H17N7O/c1-8-13(9(2)21(20-8)14(15)16)19-18-12-6-4-11(5-7-12)17-10(3)22/h4-7H,1-3H3,(H3,15,16)(H,17,22). The number of nitrogen functional groups attached to an aromatic ring is 1. The number of azo groups is 1. The van der Waals surface area contributed by atoms with Crippen molar-refractivity contribution in [3.05, 3.63) is 35.7 Å². The quantitative estimate of drug-likeness (QED) is 0.458. The Balaban J connectivity index is 2.22. The molecule has 0 fully saturated rings. The van der Waals surface area contributed by atoms with Gasteiger partial charge in [-0.1, -0.05) is 0 Å². The predicted molar refractivity (Wildman–Crippen MR) is 83.9 cm³/mol. The van der Waals surface area contributed by atoms with Crippen LogP contribution in [0.15, 0.2) is 34.5 Å². The van der Waals surface area contributed by atoms with Gasteiger partial charge in [-0.25, -0.2) is 4.68 Å². The number of hydrogen-bond acceptors (Lipinski definition) is 5. The zero-order chi connectivity index (χ0) is 16.3. The second-order valence-corrected chi connectivity index (χ2v) is 4.74. The summed E-state index contributed by atoms with van der Waals surface area (Å²) in [6.07, 6.45) is 0. The van der Waals surface area contributed by atoms with Gasteiger partial charge in [-0.3, -0.25) is 10.2 Å². The molecule has 0 radical (unpaired) electrons. The minimum Gasteiger partial charge on any atom is -0.368 e. The molecule has 0 aliphatic carbocycles. The number of nitrogens with zero attached hydrogens (tertiary/aromatic N) is 4. The summed E-state index contributed by atoms with van der Waals surface area (Å²) in [7, 11) is 0. The van der Waals surface area contributed by atoms with Gasteiger partial charge in [-0.15, -0.1) is 5.11 Å². The molecule has 1 aromatic heterocycles. The van der Waals surface area contributed by atoms with Crippen LogP contribution in [0.4, 0.5) is 17.1 Å². The Kier molecular flexibility index (Phi) is 4.31. The average Bonchev–Trinajstić information content (AvgIpc) is 2.73. The Labute approximate surface area is 127 Å². The maximum absolute atomic E-state index is 11.0. The summed E-state index contributed by atoms with van der Waals surface area (Å²) in [5, 5.41) is 22.6. The van der Waals surface area contributed by atoms with Crippen LogP contribution in [0.25, 0.3) is 0 Å². The number of carbonyl (C=O) groups excluding carboxylic acids is 1. The van der Waals surface area contributed by atoms with Crippen LogP contribution in [0.1, 0.15) is 18.3 Å². The monoisotopic (exact) mass is 299 g/mol. The van der Waals surface area contributed by atoms with E-state index in [1.54, 1.807) is 38.1 Å². The maximum Gasteiger partial charge on any atom is 0.221 e. The number of benzene rings is 1. The number of hydrogen-bond donors (Lipinski definition) is 3. The van der Waals surface area contributed by atoms with E-state index >= 15 is 0 Å². The summed E-state index contributed by atoms with van der Waals surface area (Å²) in [6, 6.07) is 6.98. The highest BCUT2D eigenvalue weighted by atomic mass is 16.1. The van der Waals surface area contributed by atoms with Gasteiger partial charge in [0.1, 0.15) is 5.69 Å². The van der Waals surface area contributed by atoms with E-state index in [0.29, 0.717) is 28.5 Å².